The summed E-state index contributed by atoms with van der Waals surface area (Å²) < 4.78 is 12.3. The molecular weight excluding hydrogens is 490 g/mol. The molecule has 1 fully saturated rings. The molecule has 2 unspecified atom stereocenters. The molecule has 1 saturated heterocycles. The number of carbonyl (C=O) groups excluding carboxylic acids is 3. The number of imide groups is 1. The third-order valence-corrected chi connectivity index (χ3v) is 7.63. The Morgan fingerprint density at radius 1 is 1.11 bits per heavy atom. The number of Topliss-reactive ketones (excluding diaryl/α,β-unsaturated/α-hetero) is 1. The fourth-order valence-corrected chi connectivity index (χ4v) is 6.21. The number of hydrogen-bond acceptors (Lipinski definition) is 7. The molecule has 2 aliphatic heterocycles. The fraction of sp³-hybridized carbons (Fsp3) is 0.483. The Morgan fingerprint density at radius 2 is 1.78 bits per heavy atom. The molecule has 2 heterocycles. The van der Waals surface area contributed by atoms with Crippen LogP contribution in [-0.2, 0) is 16.6 Å². The van der Waals surface area contributed by atoms with E-state index in [9.17, 15) is 19.5 Å². The Kier molecular flexibility index (Phi) is 7.10. The highest BCUT2D eigenvalue weighted by Crippen LogP contribution is 2.45. The number of ether oxygens (including phenoxy) is 2. The van der Waals surface area contributed by atoms with Gasteiger partial charge in [0.05, 0.1) is 17.2 Å². The highest BCUT2D eigenvalue weighted by Gasteiger charge is 2.40. The van der Waals surface area contributed by atoms with Gasteiger partial charge >= 0.3 is 0 Å². The van der Waals surface area contributed by atoms with Crippen molar-refractivity contribution < 1.29 is 29.0 Å². The first-order valence-electron chi connectivity index (χ1n) is 12.5. The molecule has 0 saturated carbocycles. The Morgan fingerprint density at radius 3 is 2.38 bits per heavy atom. The maximum absolute atomic E-state index is 13.0. The summed E-state index contributed by atoms with van der Waals surface area (Å²) in [4.78, 5) is 36.2. The van der Waals surface area contributed by atoms with Crippen molar-refractivity contribution in [1.29, 1.82) is 0 Å². The molecule has 2 N–H and O–H groups in total. The summed E-state index contributed by atoms with van der Waals surface area (Å²) in [6.07, 6.45) is 1.43. The van der Waals surface area contributed by atoms with Crippen molar-refractivity contribution in [2.75, 3.05) is 6.61 Å². The second kappa shape index (κ2) is 9.71. The first kappa shape index (κ1) is 27.0. The Bertz CT molecular complexity index is 1230. The average Bonchev–Trinajstić information content (AvgIpc) is 3.08. The molecular formula is C29H35NO6S. The van der Waals surface area contributed by atoms with Crippen LogP contribution in [0, 0.1) is 5.41 Å². The lowest BCUT2D eigenvalue weighted by Crippen LogP contribution is -2.44. The van der Waals surface area contributed by atoms with E-state index in [4.69, 9.17) is 9.47 Å². The minimum Gasteiger partial charge on any atom is -0.508 e. The molecule has 2 aromatic carbocycles. The van der Waals surface area contributed by atoms with Gasteiger partial charge in [-0.15, -0.1) is 0 Å². The molecule has 0 radical (unpaired) electrons. The van der Waals surface area contributed by atoms with Gasteiger partial charge in [-0.05, 0) is 60.4 Å². The summed E-state index contributed by atoms with van der Waals surface area (Å²) >= 11 is 1.01. The first-order valence-corrected chi connectivity index (χ1v) is 13.4. The molecule has 0 aliphatic carbocycles. The van der Waals surface area contributed by atoms with Crippen molar-refractivity contribution >= 4 is 28.7 Å². The van der Waals surface area contributed by atoms with Crippen LogP contribution in [0.4, 0.5) is 4.79 Å². The molecule has 2 atom stereocenters. The van der Waals surface area contributed by atoms with E-state index in [1.54, 1.807) is 0 Å². The van der Waals surface area contributed by atoms with Crippen LogP contribution in [0.5, 0.6) is 17.2 Å². The van der Waals surface area contributed by atoms with Gasteiger partial charge in [-0.3, -0.25) is 19.7 Å². The Hall–Kier alpha value is -3.00. The number of aromatic hydroxyl groups is 1. The van der Waals surface area contributed by atoms with Crippen LogP contribution >= 0.6 is 11.8 Å². The third kappa shape index (κ3) is 6.29. The number of rotatable bonds is 7. The van der Waals surface area contributed by atoms with Crippen molar-refractivity contribution in [3.8, 4) is 17.2 Å². The topological polar surface area (TPSA) is 102 Å². The number of carbonyl (C=O) groups is 3. The van der Waals surface area contributed by atoms with Gasteiger partial charge in [0.25, 0.3) is 5.24 Å². The molecule has 37 heavy (non-hydrogen) atoms. The number of hydrogen-bond donors (Lipinski definition) is 2. The molecule has 2 aliphatic rings. The van der Waals surface area contributed by atoms with E-state index in [-0.39, 0.29) is 46.5 Å². The predicted molar refractivity (Wildman–Crippen MR) is 144 cm³/mol. The number of phenols is 1. The van der Waals surface area contributed by atoms with Crippen LogP contribution in [-0.4, -0.2) is 39.5 Å². The van der Waals surface area contributed by atoms with E-state index in [0.717, 1.165) is 29.3 Å². The quantitative estimate of drug-likeness (QED) is 0.471. The van der Waals surface area contributed by atoms with Gasteiger partial charge in [0.15, 0.2) is 5.78 Å². The molecule has 7 nitrogen and oxygen atoms in total. The summed E-state index contributed by atoms with van der Waals surface area (Å²) in [5, 5.41) is 12.3. The molecule has 198 valence electrons. The normalized spacial score (nSPS) is 21.9. The van der Waals surface area contributed by atoms with E-state index in [1.165, 1.54) is 6.07 Å². The Balaban J connectivity index is 1.45. The van der Waals surface area contributed by atoms with Gasteiger partial charge in [-0.1, -0.05) is 58.5 Å². The monoisotopic (exact) mass is 525 g/mol. The van der Waals surface area contributed by atoms with Crippen LogP contribution in [0.15, 0.2) is 36.4 Å². The molecule has 4 rings (SSSR count). The zero-order valence-electron chi connectivity index (χ0n) is 22.3. The lowest BCUT2D eigenvalue weighted by atomic mass is 9.71. The highest BCUT2D eigenvalue weighted by molar-refractivity contribution is 8.15. The third-order valence-electron chi connectivity index (χ3n) is 6.65. The van der Waals surface area contributed by atoms with Crippen molar-refractivity contribution in [3.63, 3.8) is 0 Å². The first-order chi connectivity index (χ1) is 17.1. The Labute approximate surface area is 222 Å². The van der Waals surface area contributed by atoms with E-state index in [2.05, 4.69) is 39.9 Å². The minimum absolute atomic E-state index is 0.0558. The van der Waals surface area contributed by atoms with Crippen LogP contribution in [0.25, 0.3) is 0 Å². The predicted octanol–water partition coefficient (Wildman–Crippen LogP) is 5.80. The molecule has 0 spiro atoms. The van der Waals surface area contributed by atoms with Gasteiger partial charge in [0.1, 0.15) is 29.5 Å². The summed E-state index contributed by atoms with van der Waals surface area (Å²) in [5.41, 5.74) is 0.933. The standard InChI is InChI=1S/C29H35NO6S/c1-27(2,3)15-28(4,5)20-13-23-19(12-21(20)31)22(32)14-29(6,36-23)16-35-18-9-7-17(8-10-18)11-24-25(33)30-26(34)37-24/h7-10,12-13,24,31H,11,14-16H2,1-6H3,(H,30,33,34). The number of benzene rings is 2. The smallest absolute Gasteiger partial charge is 0.286 e. The number of thioether (sulfide) groups is 1. The largest absolute Gasteiger partial charge is 0.508 e. The van der Waals surface area contributed by atoms with E-state index in [1.807, 2.05) is 37.3 Å². The molecule has 0 aromatic heterocycles. The molecule has 2 aromatic rings. The van der Waals surface area contributed by atoms with Crippen molar-refractivity contribution in [2.45, 2.75) is 77.1 Å². The number of phenolic OH excluding ortho intramolecular Hbond substituents is 1. The number of nitrogens with one attached hydrogen (secondary N) is 1. The van der Waals surface area contributed by atoms with E-state index in [0.29, 0.717) is 23.5 Å². The number of fused-ring (bicyclic) bond motifs is 1. The zero-order valence-corrected chi connectivity index (χ0v) is 23.1. The van der Waals surface area contributed by atoms with Crippen LogP contribution in [0.3, 0.4) is 0 Å². The SMILES string of the molecule is CC(C)(C)CC(C)(C)c1cc2c(cc1O)C(=O)CC(C)(COc1ccc(CC3SC(=O)NC3=O)cc1)O2. The number of amides is 2. The van der Waals surface area contributed by atoms with Crippen molar-refractivity contribution in [2.24, 2.45) is 5.41 Å². The molecule has 0 bridgehead atoms. The van der Waals surface area contributed by atoms with E-state index < -0.39 is 10.9 Å². The van der Waals surface area contributed by atoms with Crippen molar-refractivity contribution in [1.82, 2.24) is 5.32 Å². The van der Waals surface area contributed by atoms with Crippen molar-refractivity contribution in [3.05, 3.63) is 53.1 Å². The lowest BCUT2D eigenvalue weighted by molar-refractivity contribution is -0.118. The minimum atomic E-state index is -0.871. The lowest BCUT2D eigenvalue weighted by Gasteiger charge is -2.37. The highest BCUT2D eigenvalue weighted by atomic mass is 32.2. The molecule has 8 heteroatoms. The second-order valence-corrected chi connectivity index (χ2v) is 13.3. The van der Waals surface area contributed by atoms with Crippen LogP contribution in [0.1, 0.15) is 75.9 Å². The maximum atomic E-state index is 13.0. The summed E-state index contributed by atoms with van der Waals surface area (Å²) in [5.74, 6) is 0.835. The number of ketones is 1. The summed E-state index contributed by atoms with van der Waals surface area (Å²) in [7, 11) is 0. The van der Waals surface area contributed by atoms with Gasteiger partial charge in [-0.25, -0.2) is 0 Å². The van der Waals surface area contributed by atoms with Crippen LogP contribution in [0.2, 0.25) is 0 Å². The van der Waals surface area contributed by atoms with Crippen LogP contribution < -0.4 is 14.8 Å². The zero-order chi connectivity index (χ0) is 27.2. The van der Waals surface area contributed by atoms with E-state index >= 15 is 0 Å². The summed E-state index contributed by atoms with van der Waals surface area (Å²) in [6.45, 7) is 12.7. The average molecular weight is 526 g/mol. The van der Waals surface area contributed by atoms with Gasteiger partial charge in [0.2, 0.25) is 5.91 Å². The van der Waals surface area contributed by atoms with Gasteiger partial charge in [0, 0.05) is 5.56 Å². The van der Waals surface area contributed by atoms with Gasteiger partial charge in [-0.2, -0.15) is 0 Å². The second-order valence-electron chi connectivity index (χ2n) is 12.2. The van der Waals surface area contributed by atoms with Gasteiger partial charge < -0.3 is 14.6 Å². The molecule has 2 amide bonds. The maximum Gasteiger partial charge on any atom is 0.286 e. The summed E-state index contributed by atoms with van der Waals surface area (Å²) in [6, 6.07) is 10.7. The fourth-order valence-electron chi connectivity index (χ4n) is 5.35.